The normalized spacial score (nSPS) is 13.9. The first-order chi connectivity index (χ1) is 66.9. The van der Waals surface area contributed by atoms with Gasteiger partial charge < -0.3 is 89.2 Å². The molecule has 0 aliphatic carbocycles. The maximum absolute atomic E-state index is 12.9. The summed E-state index contributed by atoms with van der Waals surface area (Å²) in [6.07, 6.45) is 11.6. The highest BCUT2D eigenvalue weighted by atomic mass is 35.5. The lowest BCUT2D eigenvalue weighted by Crippen LogP contribution is -2.48. The lowest BCUT2D eigenvalue weighted by Gasteiger charge is -2.38. The van der Waals surface area contributed by atoms with Gasteiger partial charge in [-0.1, -0.05) is 85.1 Å². The number of carbonyl (C=O) groups excluding carboxylic acids is 1. The van der Waals surface area contributed by atoms with Crippen LogP contribution in [-0.4, -0.2) is 213 Å². The first-order valence-electron chi connectivity index (χ1n) is 46.0. The summed E-state index contributed by atoms with van der Waals surface area (Å²) in [6, 6.07) is 45.3. The third-order valence-electron chi connectivity index (χ3n) is 23.1. The molecule has 11 aromatic rings. The second-order valence-electron chi connectivity index (χ2n) is 36.3. The lowest BCUT2D eigenvalue weighted by atomic mass is 10.1. The highest BCUT2D eigenvalue weighted by molar-refractivity contribution is 7.92. The largest absolute Gasteiger partial charge is 0.495 e. The number of hydrogen-bond donors (Lipinski definition) is 8. The molecule has 32 nitrogen and oxygen atoms in total. The lowest BCUT2D eigenvalue weighted by molar-refractivity contribution is 0.0989. The number of rotatable bonds is 31. The topological polar surface area (TPSA) is 412 Å². The van der Waals surface area contributed by atoms with Crippen LogP contribution in [0.15, 0.2) is 202 Å². The first kappa shape index (κ1) is 111. The number of methoxy groups -OCH3 is 3. The predicted octanol–water partition coefficient (Wildman–Crippen LogP) is 21.4. The number of carbonyl (C=O) groups is 1. The number of aliphatic imine (C=N–C) groups is 2. The van der Waals surface area contributed by atoms with E-state index in [1.165, 1.54) is 32.8 Å². The zero-order valence-electron chi connectivity index (χ0n) is 83.7. The number of ketones is 1. The van der Waals surface area contributed by atoms with E-state index in [9.17, 15) is 44.5 Å². The van der Waals surface area contributed by atoms with Crippen LogP contribution < -0.4 is 92.9 Å². The van der Waals surface area contributed by atoms with Crippen molar-refractivity contribution in [2.75, 3.05) is 175 Å². The number of para-hydroxylation sites is 2. The van der Waals surface area contributed by atoms with Crippen molar-refractivity contribution in [2.24, 2.45) is 9.98 Å². The van der Waals surface area contributed by atoms with Gasteiger partial charge in [-0.25, -0.2) is 31.8 Å². The minimum absolute atomic E-state index is 0.0190. The van der Waals surface area contributed by atoms with E-state index in [2.05, 4.69) is 120 Å². The number of anilines is 15. The van der Waals surface area contributed by atoms with E-state index in [1.54, 1.807) is 199 Å². The Morgan fingerprint density at radius 3 is 1.35 bits per heavy atom. The number of amidine groups is 1. The molecule has 0 amide bonds. The molecular weight excluding hydrogens is 2000 g/mol. The summed E-state index contributed by atoms with van der Waals surface area (Å²) in [7, 11) is -14.5. The summed E-state index contributed by atoms with van der Waals surface area (Å²) >= 11 is 19.0. The smallest absolute Gasteiger partial charge is 0.229 e. The summed E-state index contributed by atoms with van der Waals surface area (Å²) in [5.74, 6) is 5.21. The maximum Gasteiger partial charge on any atom is 0.229 e. The molecule has 3 aromatic heterocycles. The van der Waals surface area contributed by atoms with Gasteiger partial charge in [-0.3, -0.25) is 14.7 Å². The molecule has 3 aliphatic heterocycles. The molecule has 6 heterocycles. The van der Waals surface area contributed by atoms with Crippen LogP contribution in [0.4, 0.5) is 86.5 Å². The van der Waals surface area contributed by atoms with Crippen LogP contribution in [0, 0.1) is 0 Å². The highest BCUT2D eigenvalue weighted by Gasteiger charge is 2.31. The molecule has 0 radical (unpaired) electrons. The van der Waals surface area contributed by atoms with Crippen molar-refractivity contribution in [3.05, 3.63) is 214 Å². The Kier molecular flexibility index (Phi) is 37.8. The molecule has 142 heavy (non-hydrogen) atoms. The van der Waals surface area contributed by atoms with E-state index in [4.69, 9.17) is 63.7 Å². The zero-order valence-corrected chi connectivity index (χ0v) is 92.1. The van der Waals surface area contributed by atoms with Crippen LogP contribution in [0.25, 0.3) is 0 Å². The molecule has 3 aliphatic rings. The van der Waals surface area contributed by atoms with Crippen molar-refractivity contribution in [3.63, 3.8) is 0 Å². The number of Topliss-reactive ketones (excluding diaryl/α,β-unsaturated/α-hetero) is 1. The fourth-order valence-corrected chi connectivity index (χ4v) is 22.6. The van der Waals surface area contributed by atoms with E-state index >= 15 is 0 Å². The van der Waals surface area contributed by atoms with Gasteiger partial charge in [0.2, 0.25) is 23.8 Å². The van der Waals surface area contributed by atoms with Crippen molar-refractivity contribution in [3.8, 4) is 23.0 Å². The molecule has 1 fully saturated rings. The average Bonchev–Trinajstić information content (AvgIpc) is 1.59. The van der Waals surface area contributed by atoms with Gasteiger partial charge in [0.15, 0.2) is 42.9 Å². The summed E-state index contributed by atoms with van der Waals surface area (Å²) in [6.45, 7) is 37.2. The van der Waals surface area contributed by atoms with Crippen LogP contribution in [0.2, 0.25) is 15.1 Å². The Bertz CT molecular complexity index is 7070. The van der Waals surface area contributed by atoms with Gasteiger partial charge in [0.25, 0.3) is 0 Å². The van der Waals surface area contributed by atoms with Gasteiger partial charge in [0.05, 0.1) is 107 Å². The Balaban J connectivity index is 0.000000182. The number of nitrogens with one attached hydrogen (secondary N) is 8. The molecule has 0 spiro atoms. The summed E-state index contributed by atoms with van der Waals surface area (Å²) in [5, 5.41) is 28.8. The number of aromatic nitrogens is 6. The summed E-state index contributed by atoms with van der Waals surface area (Å²) in [5.41, 5.74) is 8.43. The number of hydrogen-bond acceptors (Lipinski definition) is 32. The first-order valence-corrected chi connectivity index (χ1v) is 63.2. The SMILES string of the molecule is CC(C)S(=O)(=O)c1ccccc1Nc1nc(Nc2ccc(P(C)(C)=O)c3c2OCC3)ncc1Cl.CCC(=O)c1cc(P(C)(C)=O)ccc1NC1=NC(Nc2ccc(N3CCN(C(C)C)CC3)cc2OC)=NCC/C=C\C1.CCc1cc(P(C)(C)=O)ccc1Nc1ncc(Cl)c(Nc2ccccc2S(=O)(=O)C(C)C)n1.COc1cc(P(C)(C)=O)ccc1Nc1ncc(Cl)c(Nc2ccc(P(C)(C)=O)cc2OC)n1. The number of fused-ring (bicyclic) bond motifs is 1. The van der Waals surface area contributed by atoms with Crippen molar-refractivity contribution in [1.29, 1.82) is 0 Å². The van der Waals surface area contributed by atoms with E-state index in [-0.39, 0.29) is 49.2 Å². The molecule has 42 heteroatoms. The monoisotopic (exact) mass is 2130 g/mol. The minimum atomic E-state index is -3.53. The second-order valence-corrected chi connectivity index (χ2v) is 58.6. The van der Waals surface area contributed by atoms with E-state index in [0.29, 0.717) is 140 Å². The molecule has 8 N–H and O–H groups in total. The third kappa shape index (κ3) is 29.2. The average molecular weight is 2130 g/mol. The van der Waals surface area contributed by atoms with Crippen molar-refractivity contribution >= 4 is 221 Å². The number of guanidine groups is 1. The fraction of sp³-hybridized carbons (Fsp3) is 0.350. The van der Waals surface area contributed by atoms with Crippen LogP contribution in [0.5, 0.6) is 23.0 Å². The Morgan fingerprint density at radius 1 is 0.465 bits per heavy atom. The molecule has 0 saturated carbocycles. The summed E-state index contributed by atoms with van der Waals surface area (Å²) in [4.78, 5) is 53.8. The van der Waals surface area contributed by atoms with Gasteiger partial charge in [-0.05, 0) is 248 Å². The molecular formula is C100H126Cl3N18O14P5S2. The number of halogens is 3. The molecule has 0 atom stereocenters. The van der Waals surface area contributed by atoms with Gasteiger partial charge in [0.1, 0.15) is 79.6 Å². The van der Waals surface area contributed by atoms with E-state index in [1.807, 2.05) is 56.3 Å². The molecule has 0 bridgehead atoms. The zero-order chi connectivity index (χ0) is 104. The number of benzene rings is 8. The quantitative estimate of drug-likeness (QED) is 0.0114. The second kappa shape index (κ2) is 48.2. The molecule has 758 valence electrons. The summed E-state index contributed by atoms with van der Waals surface area (Å²) < 4.78 is 136. The minimum Gasteiger partial charge on any atom is -0.495 e. The van der Waals surface area contributed by atoms with Gasteiger partial charge >= 0.3 is 0 Å². The van der Waals surface area contributed by atoms with Crippen molar-refractivity contribution < 1.29 is 63.4 Å². The van der Waals surface area contributed by atoms with E-state index in [0.717, 1.165) is 83.6 Å². The van der Waals surface area contributed by atoms with Gasteiger partial charge in [-0.2, -0.15) is 19.9 Å². The fourth-order valence-electron chi connectivity index (χ4n) is 14.9. The number of sulfone groups is 2. The standard InChI is InChI=1S/C32H45N6O3P.C23H26ClN4O4PS.C23H28ClN4O3PS.C22H27ClN4O4P2/c1-7-29(39)26-22-25(42(5,6)40)13-15-27(26)34-31-11-9-8-10-16-33-32(36-31)35-28-14-12-24(21-30(28)41-4)38-19-17-37(18-20-38)23(2)3;1-14(2)34(30,31)20-8-6-5-7-17(20)26-22-16(24)13-25-23(28-22)27-18-9-10-19(33(3,4)29)15-11-12-32-21(15)18;1-6-16-13-17(32(4,5)29)11-12-19(16)27-23-25-14-18(24)22(28-23)26-20-9-7-8-10-21(20)33(30,31)15(2)3;1-30-19-11-14(32(3,4)28)7-9-17(19)25-21-16(23)13-24-22(27-21)26-18-10-8-15(33(5,6)29)12-20(18)31-2/h8-9,12-15,21-23H,7,10-11,16-20H2,1-6H3,(H2,33,34,35,36);5-10,13-14H,11-12H2,1-4H3,(H2,25,26,27,28);7-15H,6H2,1-5H3,(H2,25,26,27,28);7-13H,1-6H3,(H2,24,25,26,27)/b9-8-;;;. The number of ether oxygens (including phenoxy) is 4. The van der Waals surface area contributed by atoms with Gasteiger partial charge in [-0.15, -0.1) is 0 Å². The van der Waals surface area contributed by atoms with Crippen molar-refractivity contribution in [1.82, 2.24) is 34.8 Å². The number of piperazine rings is 1. The third-order valence-corrected chi connectivity index (χ3v) is 36.0. The molecule has 8 aromatic carbocycles. The Labute approximate surface area is 848 Å². The van der Waals surface area contributed by atoms with Crippen LogP contribution in [0.1, 0.15) is 96.1 Å². The molecule has 0 unspecified atom stereocenters. The van der Waals surface area contributed by atoms with E-state index < -0.39 is 65.9 Å². The number of nitrogens with zero attached hydrogens (tertiary/aromatic N) is 10. The van der Waals surface area contributed by atoms with Gasteiger partial charge in [0, 0.05) is 113 Å². The number of aryl methyl sites for hydroxylation is 1. The highest BCUT2D eigenvalue weighted by Crippen LogP contribution is 2.47. The maximum atomic E-state index is 12.9. The van der Waals surface area contributed by atoms with Crippen LogP contribution in [0.3, 0.4) is 0 Å². The molecule has 14 rings (SSSR count). The Morgan fingerprint density at radius 2 is 0.887 bits per heavy atom. The van der Waals surface area contributed by atoms with Crippen LogP contribution >= 0.6 is 70.5 Å². The van der Waals surface area contributed by atoms with Crippen molar-refractivity contribution in [2.45, 2.75) is 114 Å². The predicted molar refractivity (Wildman–Crippen MR) is 590 cm³/mol. The van der Waals surface area contributed by atoms with Crippen LogP contribution in [-0.2, 0) is 55.3 Å². The Hall–Kier alpha value is -11.0. The molecule has 1 saturated heterocycles.